The van der Waals surface area contributed by atoms with Gasteiger partial charge in [-0.2, -0.15) is 0 Å². The van der Waals surface area contributed by atoms with Crippen LogP contribution < -0.4 is 4.74 Å². The molecule has 7 heteroatoms. The topological polar surface area (TPSA) is 47.9 Å². The molecule has 0 aliphatic rings. The van der Waals surface area contributed by atoms with Crippen LogP contribution in [0.15, 0.2) is 66.3 Å². The van der Waals surface area contributed by atoms with E-state index in [4.69, 9.17) is 4.74 Å². The van der Waals surface area contributed by atoms with Crippen LogP contribution >= 0.6 is 11.3 Å². The zero-order chi connectivity index (χ0) is 19.8. The predicted octanol–water partition coefficient (Wildman–Crippen LogP) is 5.76. The number of pyridine rings is 1. The van der Waals surface area contributed by atoms with Crippen LogP contribution in [0.5, 0.6) is 5.75 Å². The Hall–Kier alpha value is -3.45. The summed E-state index contributed by atoms with van der Waals surface area (Å²) in [5, 5.41) is 2.86. The normalized spacial score (nSPS) is 11.2. The summed E-state index contributed by atoms with van der Waals surface area (Å²) < 4.78 is 34.6. The lowest BCUT2D eigenvalue weighted by Crippen LogP contribution is -1.98. The molecule has 0 atom stereocenters. The number of thiophene rings is 1. The van der Waals surface area contributed by atoms with Crippen molar-refractivity contribution >= 4 is 32.5 Å². The highest BCUT2D eigenvalue weighted by Crippen LogP contribution is 2.30. The molecule has 3 heterocycles. The molecule has 0 saturated heterocycles. The molecule has 5 rings (SSSR count). The minimum atomic E-state index is -0.568. The minimum Gasteiger partial charge on any atom is -0.488 e. The van der Waals surface area contributed by atoms with Gasteiger partial charge in [0.25, 0.3) is 0 Å². The van der Waals surface area contributed by atoms with Gasteiger partial charge in [0.1, 0.15) is 24.0 Å². The largest absolute Gasteiger partial charge is 0.488 e. The third-order valence-electron chi connectivity index (χ3n) is 4.55. The van der Waals surface area contributed by atoms with Gasteiger partial charge in [-0.3, -0.25) is 4.98 Å². The maximum Gasteiger partial charge on any atom is 0.162 e. The van der Waals surface area contributed by atoms with Crippen LogP contribution in [-0.4, -0.2) is 15.0 Å². The van der Waals surface area contributed by atoms with Crippen molar-refractivity contribution < 1.29 is 13.5 Å². The molecule has 0 N–H and O–H groups in total. The van der Waals surface area contributed by atoms with Crippen molar-refractivity contribution in [2.45, 2.75) is 6.61 Å². The summed E-state index contributed by atoms with van der Waals surface area (Å²) in [5.41, 5.74) is 2.41. The molecule has 0 saturated carbocycles. The Balaban J connectivity index is 1.50. The number of fused-ring (bicyclic) bond motifs is 2. The quantitative estimate of drug-likeness (QED) is 0.381. The van der Waals surface area contributed by atoms with E-state index in [2.05, 4.69) is 15.0 Å². The Kier molecular flexibility index (Phi) is 4.37. The summed E-state index contributed by atoms with van der Waals surface area (Å²) in [4.78, 5) is 13.0. The Morgan fingerprint density at radius 1 is 1.00 bits per heavy atom. The molecule has 142 valence electrons. The highest BCUT2D eigenvalue weighted by molar-refractivity contribution is 7.17. The van der Waals surface area contributed by atoms with E-state index in [1.54, 1.807) is 12.4 Å². The molecule has 29 heavy (non-hydrogen) atoms. The first kappa shape index (κ1) is 17.6. The van der Waals surface area contributed by atoms with E-state index >= 15 is 0 Å². The second kappa shape index (κ2) is 7.18. The molecule has 0 spiro atoms. The standard InChI is InChI=1S/C22H13F2N3OS/c23-14-6-7-17(24)16(9-14)22-26-10-20-21(27-22)13(12-29-20)11-28-19-5-1-4-18-15(19)3-2-8-25-18/h1-10,12H,11H2. The van der Waals surface area contributed by atoms with Crippen LogP contribution in [0.1, 0.15) is 5.56 Å². The smallest absolute Gasteiger partial charge is 0.162 e. The third kappa shape index (κ3) is 3.30. The van der Waals surface area contributed by atoms with Gasteiger partial charge in [0.05, 0.1) is 21.3 Å². The molecular formula is C22H13F2N3OS. The molecule has 0 aliphatic carbocycles. The fourth-order valence-electron chi connectivity index (χ4n) is 3.13. The van der Waals surface area contributed by atoms with Gasteiger partial charge in [0.2, 0.25) is 0 Å². The monoisotopic (exact) mass is 405 g/mol. The summed E-state index contributed by atoms with van der Waals surface area (Å²) in [6.45, 7) is 0.288. The summed E-state index contributed by atoms with van der Waals surface area (Å²) in [6.07, 6.45) is 3.36. The van der Waals surface area contributed by atoms with Gasteiger partial charge >= 0.3 is 0 Å². The van der Waals surface area contributed by atoms with Crippen molar-refractivity contribution in [2.24, 2.45) is 0 Å². The van der Waals surface area contributed by atoms with E-state index in [9.17, 15) is 8.78 Å². The van der Waals surface area contributed by atoms with Crippen molar-refractivity contribution in [3.8, 4) is 17.1 Å². The number of hydrogen-bond acceptors (Lipinski definition) is 5. The number of benzene rings is 2. The molecule has 5 aromatic rings. The van der Waals surface area contributed by atoms with Gasteiger partial charge in [0, 0.05) is 28.7 Å². The Bertz CT molecular complexity index is 1350. The van der Waals surface area contributed by atoms with Crippen LogP contribution in [0, 0.1) is 11.6 Å². The number of rotatable bonds is 4. The lowest BCUT2D eigenvalue weighted by Gasteiger charge is -2.08. The molecule has 0 fully saturated rings. The first-order valence-electron chi connectivity index (χ1n) is 8.84. The maximum absolute atomic E-state index is 14.1. The minimum absolute atomic E-state index is 0.0325. The Labute approximate surface area is 168 Å². The van der Waals surface area contributed by atoms with E-state index in [1.165, 1.54) is 11.3 Å². The van der Waals surface area contributed by atoms with Crippen LogP contribution in [0.4, 0.5) is 8.78 Å². The second-order valence-corrected chi connectivity index (χ2v) is 7.32. The van der Waals surface area contributed by atoms with E-state index in [1.807, 2.05) is 35.7 Å². The van der Waals surface area contributed by atoms with Crippen molar-refractivity contribution in [1.29, 1.82) is 0 Å². The predicted molar refractivity (Wildman–Crippen MR) is 109 cm³/mol. The van der Waals surface area contributed by atoms with Crippen LogP contribution in [0.2, 0.25) is 0 Å². The summed E-state index contributed by atoms with van der Waals surface area (Å²) in [5.74, 6) is -0.241. The summed E-state index contributed by atoms with van der Waals surface area (Å²) in [7, 11) is 0. The van der Waals surface area contributed by atoms with Crippen molar-refractivity contribution in [2.75, 3.05) is 0 Å². The van der Waals surface area contributed by atoms with Crippen LogP contribution in [0.3, 0.4) is 0 Å². The van der Waals surface area contributed by atoms with E-state index in [0.717, 1.165) is 45.1 Å². The second-order valence-electron chi connectivity index (χ2n) is 6.41. The average Bonchev–Trinajstić information content (AvgIpc) is 3.16. The molecule has 0 radical (unpaired) electrons. The van der Waals surface area contributed by atoms with Gasteiger partial charge in [0.15, 0.2) is 5.82 Å². The Morgan fingerprint density at radius 3 is 2.86 bits per heavy atom. The molecular weight excluding hydrogens is 392 g/mol. The van der Waals surface area contributed by atoms with Crippen molar-refractivity contribution in [3.63, 3.8) is 0 Å². The number of ether oxygens (including phenoxy) is 1. The first-order valence-corrected chi connectivity index (χ1v) is 9.72. The fourth-order valence-corrected chi connectivity index (χ4v) is 3.99. The molecule has 0 amide bonds. The van der Waals surface area contributed by atoms with Crippen LogP contribution in [0.25, 0.3) is 32.5 Å². The van der Waals surface area contributed by atoms with Gasteiger partial charge < -0.3 is 4.74 Å². The molecule has 2 aromatic carbocycles. The van der Waals surface area contributed by atoms with Crippen LogP contribution in [-0.2, 0) is 6.61 Å². The lowest BCUT2D eigenvalue weighted by molar-refractivity contribution is 0.311. The van der Waals surface area contributed by atoms with Crippen molar-refractivity contribution in [1.82, 2.24) is 15.0 Å². The number of halogens is 2. The van der Waals surface area contributed by atoms with Gasteiger partial charge in [-0.15, -0.1) is 11.3 Å². The van der Waals surface area contributed by atoms with Gasteiger partial charge in [-0.1, -0.05) is 6.07 Å². The molecule has 0 bridgehead atoms. The highest BCUT2D eigenvalue weighted by atomic mass is 32.1. The molecule has 0 unspecified atom stereocenters. The van der Waals surface area contributed by atoms with Crippen molar-refractivity contribution in [3.05, 3.63) is 83.5 Å². The van der Waals surface area contributed by atoms with Gasteiger partial charge in [-0.05, 0) is 42.5 Å². The SMILES string of the molecule is Fc1ccc(F)c(-c2ncc3scc(COc4cccc5ncccc45)c3n2)c1. The first-order chi connectivity index (χ1) is 14.2. The van der Waals surface area contributed by atoms with E-state index in [0.29, 0.717) is 5.52 Å². The Morgan fingerprint density at radius 2 is 1.93 bits per heavy atom. The fraction of sp³-hybridized carbons (Fsp3) is 0.0455. The zero-order valence-corrected chi connectivity index (χ0v) is 15.8. The zero-order valence-electron chi connectivity index (χ0n) is 15.0. The van der Waals surface area contributed by atoms with E-state index < -0.39 is 11.6 Å². The average molecular weight is 405 g/mol. The lowest BCUT2D eigenvalue weighted by atomic mass is 10.2. The van der Waals surface area contributed by atoms with E-state index in [-0.39, 0.29) is 18.0 Å². The summed E-state index contributed by atoms with van der Waals surface area (Å²) in [6, 6.07) is 12.8. The highest BCUT2D eigenvalue weighted by Gasteiger charge is 2.14. The van der Waals surface area contributed by atoms with Gasteiger partial charge in [-0.25, -0.2) is 18.7 Å². The number of hydrogen-bond donors (Lipinski definition) is 0. The molecule has 3 aromatic heterocycles. The summed E-state index contributed by atoms with van der Waals surface area (Å²) >= 11 is 1.48. The third-order valence-corrected chi connectivity index (χ3v) is 5.50. The molecule has 4 nitrogen and oxygen atoms in total. The maximum atomic E-state index is 14.1. The number of nitrogens with zero attached hydrogens (tertiary/aromatic N) is 3. The number of aromatic nitrogens is 3. The molecule has 0 aliphatic heterocycles.